The first-order chi connectivity index (χ1) is 13.1. The van der Waals surface area contributed by atoms with Gasteiger partial charge in [-0.05, 0) is 49.4 Å². The van der Waals surface area contributed by atoms with E-state index in [-0.39, 0.29) is 5.91 Å². The van der Waals surface area contributed by atoms with E-state index >= 15 is 0 Å². The summed E-state index contributed by atoms with van der Waals surface area (Å²) in [6.45, 7) is 5.17. The van der Waals surface area contributed by atoms with Gasteiger partial charge in [0.15, 0.2) is 0 Å². The van der Waals surface area contributed by atoms with E-state index in [0.717, 1.165) is 43.9 Å². The fraction of sp³-hybridized carbons (Fsp3) is 0.450. The van der Waals surface area contributed by atoms with Crippen molar-refractivity contribution in [3.8, 4) is 0 Å². The zero-order chi connectivity index (χ0) is 19.1. The molecule has 27 heavy (non-hydrogen) atoms. The number of rotatable bonds is 7. The number of carbonyl (C=O) groups excluding carboxylic acids is 1. The largest absolute Gasteiger partial charge is 0.356 e. The van der Waals surface area contributed by atoms with Crippen molar-refractivity contribution in [3.05, 3.63) is 47.1 Å². The smallest absolute Gasteiger partial charge is 0.224 e. The summed E-state index contributed by atoms with van der Waals surface area (Å²) >= 11 is 5.98. The zero-order valence-electron chi connectivity index (χ0n) is 15.6. The number of benzene rings is 1. The van der Waals surface area contributed by atoms with Crippen LogP contribution in [0, 0.1) is 5.92 Å². The Morgan fingerprint density at radius 1 is 1.30 bits per heavy atom. The third kappa shape index (κ3) is 5.82. The van der Waals surface area contributed by atoms with Crippen molar-refractivity contribution in [1.29, 1.82) is 0 Å². The van der Waals surface area contributed by atoms with Crippen LogP contribution in [-0.4, -0.2) is 35.5 Å². The van der Waals surface area contributed by atoms with Crippen LogP contribution in [0.3, 0.4) is 0 Å². The molecule has 7 heteroatoms. The molecule has 1 saturated heterocycles. The Balaban J connectivity index is 1.43. The quantitative estimate of drug-likeness (QED) is 0.761. The summed E-state index contributed by atoms with van der Waals surface area (Å²) in [5.74, 6) is 2.13. The minimum atomic E-state index is 0.102. The number of nitrogens with one attached hydrogen (secondary N) is 2. The molecular formula is C20H26ClN5O. The number of carbonyl (C=O) groups is 1. The fourth-order valence-corrected chi connectivity index (χ4v) is 3.53. The Morgan fingerprint density at radius 2 is 2.11 bits per heavy atom. The van der Waals surface area contributed by atoms with E-state index in [1.165, 1.54) is 0 Å². The summed E-state index contributed by atoms with van der Waals surface area (Å²) in [7, 11) is 0. The van der Waals surface area contributed by atoms with E-state index in [0.29, 0.717) is 29.9 Å². The SMILES string of the molecule is CCNc1nccc(N2CCC(CC(=O)NCc3cccc(Cl)c3)CC2)n1. The van der Waals surface area contributed by atoms with Crippen LogP contribution in [0.15, 0.2) is 36.5 Å². The van der Waals surface area contributed by atoms with Gasteiger partial charge >= 0.3 is 0 Å². The van der Waals surface area contributed by atoms with E-state index in [2.05, 4.69) is 25.5 Å². The average Bonchev–Trinajstić information content (AvgIpc) is 2.68. The molecule has 1 fully saturated rings. The molecule has 0 bridgehead atoms. The van der Waals surface area contributed by atoms with E-state index in [1.807, 2.05) is 37.3 Å². The standard InChI is InChI=1S/C20H26ClN5O/c1-2-22-20-23-9-6-18(25-20)26-10-7-15(8-11-26)13-19(27)24-14-16-4-3-5-17(21)12-16/h3-6,9,12,15H,2,7-8,10-11,13-14H2,1H3,(H,24,27)(H,22,23,25). The predicted octanol–water partition coefficient (Wildman–Crippen LogP) is 3.48. The predicted molar refractivity (Wildman–Crippen MR) is 109 cm³/mol. The maximum Gasteiger partial charge on any atom is 0.224 e. The molecule has 2 heterocycles. The third-order valence-corrected chi connectivity index (χ3v) is 5.00. The van der Waals surface area contributed by atoms with Gasteiger partial charge < -0.3 is 15.5 Å². The molecular weight excluding hydrogens is 362 g/mol. The van der Waals surface area contributed by atoms with Gasteiger partial charge in [-0.1, -0.05) is 23.7 Å². The minimum absolute atomic E-state index is 0.102. The van der Waals surface area contributed by atoms with E-state index in [4.69, 9.17) is 11.6 Å². The topological polar surface area (TPSA) is 70.2 Å². The van der Waals surface area contributed by atoms with E-state index < -0.39 is 0 Å². The summed E-state index contributed by atoms with van der Waals surface area (Å²) in [5, 5.41) is 6.83. The molecule has 6 nitrogen and oxygen atoms in total. The lowest BCUT2D eigenvalue weighted by Crippen LogP contribution is -2.36. The molecule has 1 aliphatic rings. The molecule has 0 aliphatic carbocycles. The number of halogens is 1. The van der Waals surface area contributed by atoms with Gasteiger partial charge in [0.2, 0.25) is 11.9 Å². The molecule has 2 N–H and O–H groups in total. The van der Waals surface area contributed by atoms with Crippen LogP contribution in [0.5, 0.6) is 0 Å². The third-order valence-electron chi connectivity index (χ3n) is 4.77. The van der Waals surface area contributed by atoms with Crippen molar-refractivity contribution in [2.75, 3.05) is 29.9 Å². The van der Waals surface area contributed by atoms with Gasteiger partial charge in [0.1, 0.15) is 5.82 Å². The van der Waals surface area contributed by atoms with Gasteiger partial charge in [0.05, 0.1) is 0 Å². The second-order valence-electron chi connectivity index (χ2n) is 6.81. The number of hydrogen-bond donors (Lipinski definition) is 2. The first-order valence-electron chi connectivity index (χ1n) is 9.47. The Labute approximate surface area is 165 Å². The molecule has 1 amide bonds. The first kappa shape index (κ1) is 19.4. The number of piperidine rings is 1. The Morgan fingerprint density at radius 3 is 2.85 bits per heavy atom. The highest BCUT2D eigenvalue weighted by Crippen LogP contribution is 2.24. The van der Waals surface area contributed by atoms with Crippen LogP contribution in [0.1, 0.15) is 31.7 Å². The first-order valence-corrected chi connectivity index (χ1v) is 9.85. The molecule has 1 aromatic heterocycles. The summed E-state index contributed by atoms with van der Waals surface area (Å²) < 4.78 is 0. The highest BCUT2D eigenvalue weighted by atomic mass is 35.5. The highest BCUT2D eigenvalue weighted by molar-refractivity contribution is 6.30. The van der Waals surface area contributed by atoms with E-state index in [9.17, 15) is 4.79 Å². The molecule has 3 rings (SSSR count). The number of hydrogen-bond acceptors (Lipinski definition) is 5. The number of anilines is 2. The van der Waals surface area contributed by atoms with Gasteiger partial charge in [0.25, 0.3) is 0 Å². The van der Waals surface area contributed by atoms with Crippen LogP contribution in [0.25, 0.3) is 0 Å². The Kier molecular flexibility index (Phi) is 6.87. The molecule has 144 valence electrons. The molecule has 0 saturated carbocycles. The van der Waals surface area contributed by atoms with Crippen LogP contribution >= 0.6 is 11.6 Å². The fourth-order valence-electron chi connectivity index (χ4n) is 3.32. The van der Waals surface area contributed by atoms with Crippen LogP contribution in [-0.2, 0) is 11.3 Å². The second-order valence-corrected chi connectivity index (χ2v) is 7.25. The summed E-state index contributed by atoms with van der Waals surface area (Å²) in [6.07, 6.45) is 4.34. The molecule has 2 aromatic rings. The van der Waals surface area contributed by atoms with Gasteiger partial charge in [-0.2, -0.15) is 4.98 Å². The number of amides is 1. The molecule has 0 atom stereocenters. The van der Waals surface area contributed by atoms with Crippen LogP contribution in [0.2, 0.25) is 5.02 Å². The molecule has 1 aliphatic heterocycles. The van der Waals surface area contributed by atoms with E-state index in [1.54, 1.807) is 6.20 Å². The lowest BCUT2D eigenvalue weighted by atomic mass is 9.93. The summed E-state index contributed by atoms with van der Waals surface area (Å²) in [5.41, 5.74) is 1.02. The number of aromatic nitrogens is 2. The minimum Gasteiger partial charge on any atom is -0.356 e. The second kappa shape index (κ2) is 9.55. The van der Waals surface area contributed by atoms with Crippen molar-refractivity contribution in [2.45, 2.75) is 32.7 Å². The Bertz CT molecular complexity index is 762. The lowest BCUT2D eigenvalue weighted by molar-refractivity contribution is -0.122. The van der Waals surface area contributed by atoms with Crippen molar-refractivity contribution in [1.82, 2.24) is 15.3 Å². The molecule has 1 aromatic carbocycles. The molecule has 0 unspecified atom stereocenters. The monoisotopic (exact) mass is 387 g/mol. The lowest BCUT2D eigenvalue weighted by Gasteiger charge is -2.32. The van der Waals surface area contributed by atoms with Gasteiger partial charge in [-0.15, -0.1) is 0 Å². The Hall–Kier alpha value is -2.34. The van der Waals surface area contributed by atoms with Gasteiger partial charge in [-0.3, -0.25) is 4.79 Å². The van der Waals surface area contributed by atoms with Crippen LogP contribution < -0.4 is 15.5 Å². The maximum absolute atomic E-state index is 12.3. The number of nitrogens with zero attached hydrogens (tertiary/aromatic N) is 3. The van der Waals surface area contributed by atoms with Gasteiger partial charge in [-0.25, -0.2) is 4.98 Å². The van der Waals surface area contributed by atoms with Crippen LogP contribution in [0.4, 0.5) is 11.8 Å². The van der Waals surface area contributed by atoms with Crippen molar-refractivity contribution >= 4 is 29.3 Å². The average molecular weight is 388 g/mol. The summed E-state index contributed by atoms with van der Waals surface area (Å²) in [6, 6.07) is 9.52. The summed E-state index contributed by atoms with van der Waals surface area (Å²) in [4.78, 5) is 23.3. The zero-order valence-corrected chi connectivity index (χ0v) is 16.4. The van der Waals surface area contributed by atoms with Crippen molar-refractivity contribution < 1.29 is 4.79 Å². The molecule has 0 radical (unpaired) electrons. The maximum atomic E-state index is 12.3. The van der Waals surface area contributed by atoms with Crippen molar-refractivity contribution in [2.24, 2.45) is 5.92 Å². The van der Waals surface area contributed by atoms with Gasteiger partial charge in [0, 0.05) is 43.8 Å². The highest BCUT2D eigenvalue weighted by Gasteiger charge is 2.22. The molecule has 0 spiro atoms. The van der Waals surface area contributed by atoms with Crippen molar-refractivity contribution in [3.63, 3.8) is 0 Å². The normalized spacial score (nSPS) is 14.8.